The first-order chi connectivity index (χ1) is 5.02. The molecular formula is C10H15P. The first-order valence-corrected chi connectivity index (χ1v) is 5.01. The maximum atomic E-state index is 3.16. The fourth-order valence-electron chi connectivity index (χ4n) is 0.587. The molecule has 0 aliphatic rings. The van der Waals surface area contributed by atoms with Gasteiger partial charge in [0.2, 0.25) is 0 Å². The largest absolute Gasteiger partial charge is 0.101 e. The molecule has 0 radical (unpaired) electrons. The Hall–Kier alpha value is -0.450. The molecule has 0 bridgehead atoms. The molecule has 0 atom stereocenters. The molecule has 11 heavy (non-hydrogen) atoms. The van der Waals surface area contributed by atoms with Gasteiger partial charge >= 0.3 is 0 Å². The smallest absolute Gasteiger partial charge is 0.0555 e. The van der Waals surface area contributed by atoms with Crippen molar-refractivity contribution in [3.63, 3.8) is 0 Å². The van der Waals surface area contributed by atoms with Crippen LogP contribution >= 0.6 is 7.92 Å². The second-order valence-electron chi connectivity index (χ2n) is 3.23. The molecule has 0 saturated heterocycles. The van der Waals surface area contributed by atoms with Gasteiger partial charge in [-0.05, 0) is 13.8 Å². The first-order valence-electron chi connectivity index (χ1n) is 3.67. The Kier molecular flexibility index (Phi) is 4.25. The van der Waals surface area contributed by atoms with Gasteiger partial charge in [-0.1, -0.05) is 32.1 Å². The number of hydrogen-bond acceptors (Lipinski definition) is 0. The van der Waals surface area contributed by atoms with Crippen molar-refractivity contribution in [2.24, 2.45) is 0 Å². The highest BCUT2D eigenvalue weighted by Crippen LogP contribution is 2.47. The third kappa shape index (κ3) is 4.08. The molecular weight excluding hydrogens is 151 g/mol. The predicted octanol–water partition coefficient (Wildman–Crippen LogP) is 3.23. The highest BCUT2D eigenvalue weighted by Gasteiger charge is 2.20. The third-order valence-electron chi connectivity index (χ3n) is 1.12. The molecule has 0 saturated carbocycles. The van der Waals surface area contributed by atoms with Gasteiger partial charge in [0.1, 0.15) is 0 Å². The molecule has 0 nitrogen and oxygen atoms in total. The Bertz CT molecular complexity index is 204. The zero-order valence-electron chi connectivity index (χ0n) is 7.95. The van der Waals surface area contributed by atoms with Crippen LogP contribution in [0.4, 0.5) is 0 Å². The van der Waals surface area contributed by atoms with Gasteiger partial charge < -0.3 is 0 Å². The van der Waals surface area contributed by atoms with Crippen molar-refractivity contribution in [1.29, 1.82) is 0 Å². The van der Waals surface area contributed by atoms with Crippen molar-refractivity contribution in [3.8, 4) is 23.2 Å². The molecule has 0 heterocycles. The van der Waals surface area contributed by atoms with E-state index in [-0.39, 0.29) is 5.16 Å². The summed E-state index contributed by atoms with van der Waals surface area (Å²) in [5.41, 5.74) is 6.33. The lowest BCUT2D eigenvalue weighted by Crippen LogP contribution is -2.08. The maximum Gasteiger partial charge on any atom is 0.0555 e. The van der Waals surface area contributed by atoms with E-state index >= 15 is 0 Å². The second kappa shape index (κ2) is 4.43. The van der Waals surface area contributed by atoms with Gasteiger partial charge in [0.05, 0.1) is 7.92 Å². The van der Waals surface area contributed by atoms with Crippen LogP contribution in [-0.4, -0.2) is 5.16 Å². The van der Waals surface area contributed by atoms with Crippen molar-refractivity contribution in [3.05, 3.63) is 0 Å². The van der Waals surface area contributed by atoms with Crippen LogP contribution in [0, 0.1) is 23.2 Å². The molecule has 0 aliphatic carbocycles. The van der Waals surface area contributed by atoms with Crippen LogP contribution in [0.2, 0.25) is 0 Å². The predicted molar refractivity (Wildman–Crippen MR) is 53.6 cm³/mol. The third-order valence-corrected chi connectivity index (χ3v) is 3.35. The summed E-state index contributed by atoms with van der Waals surface area (Å²) in [5.74, 6) is 5.87. The molecule has 0 rings (SSSR count). The van der Waals surface area contributed by atoms with Crippen molar-refractivity contribution in [2.45, 2.75) is 39.8 Å². The van der Waals surface area contributed by atoms with E-state index in [4.69, 9.17) is 0 Å². The molecule has 0 aliphatic heterocycles. The van der Waals surface area contributed by atoms with Gasteiger partial charge in [-0.3, -0.25) is 0 Å². The fourth-order valence-corrected chi connectivity index (χ4v) is 1.76. The molecule has 0 aromatic carbocycles. The van der Waals surface area contributed by atoms with Crippen LogP contribution in [0.25, 0.3) is 0 Å². The average molecular weight is 166 g/mol. The second-order valence-corrected chi connectivity index (χ2v) is 5.69. The molecule has 60 valence electrons. The molecule has 0 N–H and O–H groups in total. The minimum Gasteiger partial charge on any atom is -0.101 e. The molecule has 0 amide bonds. The quantitative estimate of drug-likeness (QED) is 0.383. The lowest BCUT2D eigenvalue weighted by atomic mass is 10.3. The van der Waals surface area contributed by atoms with E-state index in [0.717, 1.165) is 0 Å². The van der Waals surface area contributed by atoms with Gasteiger partial charge in [-0.2, -0.15) is 0 Å². The molecule has 0 aromatic heterocycles. The van der Waals surface area contributed by atoms with E-state index in [1.807, 2.05) is 13.8 Å². The van der Waals surface area contributed by atoms with Crippen molar-refractivity contribution >= 4 is 7.92 Å². The van der Waals surface area contributed by atoms with Crippen LogP contribution < -0.4 is 0 Å². The maximum absolute atomic E-state index is 3.16. The van der Waals surface area contributed by atoms with E-state index in [1.54, 1.807) is 0 Å². The highest BCUT2D eigenvalue weighted by molar-refractivity contribution is 7.69. The van der Waals surface area contributed by atoms with Crippen LogP contribution in [0.1, 0.15) is 34.6 Å². The van der Waals surface area contributed by atoms with Crippen LogP contribution in [0.5, 0.6) is 0 Å². The average Bonchev–Trinajstić information content (AvgIpc) is 1.85. The van der Waals surface area contributed by atoms with Crippen molar-refractivity contribution in [2.75, 3.05) is 0 Å². The minimum absolute atomic E-state index is 0.237. The number of rotatable bonds is 0. The molecule has 0 aromatic rings. The molecule has 1 heteroatoms. The topological polar surface area (TPSA) is 0 Å². The van der Waals surface area contributed by atoms with Gasteiger partial charge in [-0.15, -0.1) is 11.8 Å². The summed E-state index contributed by atoms with van der Waals surface area (Å²) < 4.78 is 0. The monoisotopic (exact) mass is 166 g/mol. The summed E-state index contributed by atoms with van der Waals surface area (Å²) in [5, 5.41) is 0.237. The standard InChI is InChI=1S/C10H15P/c1-6-8-11(9-7-2)10(3,4)5/h1-5H3. The Morgan fingerprint density at radius 3 is 1.45 bits per heavy atom. The van der Waals surface area contributed by atoms with Gasteiger partial charge in [-0.25, -0.2) is 0 Å². The Morgan fingerprint density at radius 1 is 0.909 bits per heavy atom. The minimum atomic E-state index is -0.424. The summed E-state index contributed by atoms with van der Waals surface area (Å²) in [7, 11) is -0.424. The van der Waals surface area contributed by atoms with Crippen molar-refractivity contribution < 1.29 is 0 Å². The van der Waals surface area contributed by atoms with Crippen molar-refractivity contribution in [1.82, 2.24) is 0 Å². The summed E-state index contributed by atoms with van der Waals surface area (Å²) in [6.07, 6.45) is 0. The zero-order chi connectivity index (χ0) is 8.91. The van der Waals surface area contributed by atoms with Crippen LogP contribution in [0.3, 0.4) is 0 Å². The van der Waals surface area contributed by atoms with Gasteiger partial charge in [0.25, 0.3) is 0 Å². The van der Waals surface area contributed by atoms with Gasteiger partial charge in [0.15, 0.2) is 0 Å². The molecule has 0 unspecified atom stereocenters. The normalized spacial score (nSPS) is 9.64. The summed E-state index contributed by atoms with van der Waals surface area (Å²) in [6.45, 7) is 10.3. The van der Waals surface area contributed by atoms with Gasteiger partial charge in [0, 0.05) is 5.16 Å². The first kappa shape index (κ1) is 10.6. The summed E-state index contributed by atoms with van der Waals surface area (Å²) in [4.78, 5) is 0. The lowest BCUT2D eigenvalue weighted by molar-refractivity contribution is 0.794. The highest BCUT2D eigenvalue weighted by atomic mass is 31.1. The lowest BCUT2D eigenvalue weighted by Gasteiger charge is -2.20. The Morgan fingerprint density at radius 2 is 1.27 bits per heavy atom. The molecule has 0 fully saturated rings. The summed E-state index contributed by atoms with van der Waals surface area (Å²) >= 11 is 0. The SMILES string of the molecule is CC#CP(C#CC)C(C)(C)C. The summed E-state index contributed by atoms with van der Waals surface area (Å²) in [6, 6.07) is 0. The molecule has 0 spiro atoms. The van der Waals surface area contributed by atoms with E-state index in [2.05, 4.69) is 43.9 Å². The van der Waals surface area contributed by atoms with Crippen LogP contribution in [-0.2, 0) is 0 Å². The van der Waals surface area contributed by atoms with E-state index in [9.17, 15) is 0 Å². The van der Waals surface area contributed by atoms with E-state index in [0.29, 0.717) is 0 Å². The van der Waals surface area contributed by atoms with E-state index < -0.39 is 7.92 Å². The zero-order valence-corrected chi connectivity index (χ0v) is 8.84. The Labute approximate surface area is 71.5 Å². The van der Waals surface area contributed by atoms with E-state index in [1.165, 1.54) is 0 Å². The number of hydrogen-bond donors (Lipinski definition) is 0. The fraction of sp³-hybridized carbons (Fsp3) is 0.600. The van der Waals surface area contributed by atoms with Crippen LogP contribution in [0.15, 0.2) is 0 Å². The Balaban J connectivity index is 4.53.